The lowest BCUT2D eigenvalue weighted by Gasteiger charge is -2.13. The molecule has 1 N–H and O–H groups in total. The van der Waals surface area contributed by atoms with E-state index in [1.165, 1.54) is 0 Å². The van der Waals surface area contributed by atoms with Gasteiger partial charge in [0.05, 0.1) is 5.39 Å². The highest BCUT2D eigenvalue weighted by Crippen LogP contribution is 2.44. The van der Waals surface area contributed by atoms with Gasteiger partial charge in [-0.25, -0.2) is 0 Å². The summed E-state index contributed by atoms with van der Waals surface area (Å²) in [5.74, 6) is 1.80. The first kappa shape index (κ1) is 13.9. The van der Waals surface area contributed by atoms with Gasteiger partial charge in [-0.2, -0.15) is 0 Å². The Morgan fingerprint density at radius 3 is 2.78 bits per heavy atom. The molecule has 1 aliphatic rings. The van der Waals surface area contributed by atoms with E-state index in [1.807, 2.05) is 55.5 Å². The topological polar surface area (TPSA) is 38.7 Å². The van der Waals surface area contributed by atoms with E-state index in [4.69, 9.17) is 9.47 Å². The average Bonchev–Trinajstić information content (AvgIpc) is 2.94. The van der Waals surface area contributed by atoms with Gasteiger partial charge in [0, 0.05) is 17.4 Å². The molecule has 23 heavy (non-hydrogen) atoms. The minimum atomic E-state index is 0.142. The quantitative estimate of drug-likeness (QED) is 0.777. The van der Waals surface area contributed by atoms with Gasteiger partial charge in [0.2, 0.25) is 0 Å². The van der Waals surface area contributed by atoms with Crippen LogP contribution in [0.2, 0.25) is 0 Å². The van der Waals surface area contributed by atoms with Crippen LogP contribution in [0.4, 0.5) is 0 Å². The third-order valence-electron chi connectivity index (χ3n) is 4.19. The smallest absolute Gasteiger partial charge is 0.131 e. The van der Waals surface area contributed by atoms with Crippen molar-refractivity contribution in [2.24, 2.45) is 0 Å². The molecule has 4 rings (SSSR count). The standard InChI is InChI=1S/C20H18O3/c1-13-10-15-11-17(21)19-16(20(15)23-13)8-5-9-18(19)22-12-14-6-3-2-4-7-14/h2-9,11,13,21H,10,12H2,1H3/t13-/m0/s1. The number of ether oxygens (including phenoxy) is 2. The van der Waals surface area contributed by atoms with Crippen molar-refractivity contribution in [2.75, 3.05) is 0 Å². The van der Waals surface area contributed by atoms with Gasteiger partial charge >= 0.3 is 0 Å². The molecule has 3 heteroatoms. The third kappa shape index (κ3) is 2.48. The van der Waals surface area contributed by atoms with E-state index in [9.17, 15) is 5.11 Å². The second-order valence-corrected chi connectivity index (χ2v) is 5.97. The summed E-state index contributed by atoms with van der Waals surface area (Å²) in [5, 5.41) is 12.1. The number of aromatic hydroxyl groups is 1. The summed E-state index contributed by atoms with van der Waals surface area (Å²) in [4.78, 5) is 0. The van der Waals surface area contributed by atoms with Crippen LogP contribution in [0.3, 0.4) is 0 Å². The molecule has 3 aromatic rings. The van der Waals surface area contributed by atoms with Crippen molar-refractivity contribution >= 4 is 10.8 Å². The average molecular weight is 306 g/mol. The Kier molecular flexibility index (Phi) is 3.34. The zero-order valence-corrected chi connectivity index (χ0v) is 13.0. The van der Waals surface area contributed by atoms with Crippen molar-refractivity contribution in [3.63, 3.8) is 0 Å². The van der Waals surface area contributed by atoms with Gasteiger partial charge in [0.15, 0.2) is 0 Å². The summed E-state index contributed by atoms with van der Waals surface area (Å²) < 4.78 is 11.9. The van der Waals surface area contributed by atoms with Gasteiger partial charge in [-0.3, -0.25) is 0 Å². The molecule has 0 saturated heterocycles. The molecule has 0 bridgehead atoms. The van der Waals surface area contributed by atoms with Crippen LogP contribution in [0, 0.1) is 0 Å². The lowest BCUT2D eigenvalue weighted by atomic mass is 10.0. The van der Waals surface area contributed by atoms with E-state index in [0.717, 1.165) is 34.1 Å². The molecule has 0 radical (unpaired) electrons. The molecule has 0 spiro atoms. The number of hydrogen-bond donors (Lipinski definition) is 1. The number of phenolic OH excluding ortho intramolecular Hbond substituents is 1. The monoisotopic (exact) mass is 306 g/mol. The van der Waals surface area contributed by atoms with Crippen LogP contribution in [-0.2, 0) is 13.0 Å². The Balaban J connectivity index is 1.75. The van der Waals surface area contributed by atoms with Crippen LogP contribution in [0.15, 0.2) is 54.6 Å². The first-order valence-corrected chi connectivity index (χ1v) is 7.83. The van der Waals surface area contributed by atoms with E-state index in [2.05, 4.69) is 0 Å². The minimum absolute atomic E-state index is 0.142. The van der Waals surface area contributed by atoms with E-state index in [0.29, 0.717) is 12.4 Å². The molecule has 0 amide bonds. The van der Waals surface area contributed by atoms with E-state index in [-0.39, 0.29) is 11.9 Å². The first-order valence-electron chi connectivity index (χ1n) is 7.83. The highest BCUT2D eigenvalue weighted by Gasteiger charge is 2.24. The summed E-state index contributed by atoms with van der Waals surface area (Å²) in [7, 11) is 0. The number of phenols is 1. The molecule has 3 aromatic carbocycles. The SMILES string of the molecule is C[C@H]1Cc2cc(O)c3c(OCc4ccccc4)cccc3c2O1. The number of hydrogen-bond acceptors (Lipinski definition) is 3. The maximum absolute atomic E-state index is 10.5. The Labute approximate surface area is 135 Å². The Bertz CT molecular complexity index is 856. The van der Waals surface area contributed by atoms with Crippen LogP contribution in [0.5, 0.6) is 17.2 Å². The normalized spacial score (nSPS) is 16.1. The maximum atomic E-state index is 10.5. The Morgan fingerprint density at radius 2 is 1.96 bits per heavy atom. The highest BCUT2D eigenvalue weighted by atomic mass is 16.5. The van der Waals surface area contributed by atoms with Crippen molar-refractivity contribution in [1.82, 2.24) is 0 Å². The molecule has 1 heterocycles. The van der Waals surface area contributed by atoms with Crippen LogP contribution in [-0.4, -0.2) is 11.2 Å². The third-order valence-corrected chi connectivity index (χ3v) is 4.19. The zero-order valence-electron chi connectivity index (χ0n) is 13.0. The van der Waals surface area contributed by atoms with Crippen LogP contribution in [0.1, 0.15) is 18.1 Å². The fourth-order valence-corrected chi connectivity index (χ4v) is 3.16. The van der Waals surface area contributed by atoms with Crippen molar-refractivity contribution in [2.45, 2.75) is 26.1 Å². The molecule has 0 aromatic heterocycles. The second-order valence-electron chi connectivity index (χ2n) is 5.97. The molecule has 0 fully saturated rings. The van der Waals surface area contributed by atoms with Crippen molar-refractivity contribution in [3.8, 4) is 17.2 Å². The summed E-state index contributed by atoms with van der Waals surface area (Å²) in [5.41, 5.74) is 2.15. The summed E-state index contributed by atoms with van der Waals surface area (Å²) in [6.45, 7) is 2.51. The molecule has 116 valence electrons. The summed E-state index contributed by atoms with van der Waals surface area (Å²) >= 11 is 0. The second kappa shape index (κ2) is 5.51. The predicted octanol–water partition coefficient (Wildman–Crippen LogP) is 4.45. The van der Waals surface area contributed by atoms with Gasteiger partial charge in [-0.15, -0.1) is 0 Å². The van der Waals surface area contributed by atoms with Gasteiger partial charge < -0.3 is 14.6 Å². The predicted molar refractivity (Wildman–Crippen MR) is 90.2 cm³/mol. The van der Waals surface area contributed by atoms with Crippen molar-refractivity contribution in [1.29, 1.82) is 0 Å². The van der Waals surface area contributed by atoms with E-state index < -0.39 is 0 Å². The van der Waals surface area contributed by atoms with Gasteiger partial charge in [-0.1, -0.05) is 42.5 Å². The van der Waals surface area contributed by atoms with Crippen molar-refractivity contribution < 1.29 is 14.6 Å². The first-order chi connectivity index (χ1) is 11.2. The number of fused-ring (bicyclic) bond motifs is 3. The highest BCUT2D eigenvalue weighted by molar-refractivity contribution is 5.99. The molecule has 1 aliphatic heterocycles. The van der Waals surface area contributed by atoms with Gasteiger partial charge in [0.25, 0.3) is 0 Å². The Morgan fingerprint density at radius 1 is 1.13 bits per heavy atom. The lowest BCUT2D eigenvalue weighted by molar-refractivity contribution is 0.257. The maximum Gasteiger partial charge on any atom is 0.131 e. The molecule has 3 nitrogen and oxygen atoms in total. The molecule has 0 aliphatic carbocycles. The Hall–Kier alpha value is -2.68. The van der Waals surface area contributed by atoms with Crippen LogP contribution >= 0.6 is 0 Å². The number of rotatable bonds is 3. The van der Waals surface area contributed by atoms with Crippen LogP contribution < -0.4 is 9.47 Å². The summed E-state index contributed by atoms with van der Waals surface area (Å²) in [6.07, 6.45) is 0.970. The lowest BCUT2D eigenvalue weighted by Crippen LogP contribution is -2.05. The number of benzene rings is 3. The van der Waals surface area contributed by atoms with E-state index in [1.54, 1.807) is 6.07 Å². The van der Waals surface area contributed by atoms with E-state index >= 15 is 0 Å². The molecular formula is C20H18O3. The van der Waals surface area contributed by atoms with Crippen molar-refractivity contribution in [3.05, 3.63) is 65.7 Å². The van der Waals surface area contributed by atoms with Gasteiger partial charge in [-0.05, 0) is 24.6 Å². The fraction of sp³-hybridized carbons (Fsp3) is 0.200. The van der Waals surface area contributed by atoms with Gasteiger partial charge in [0.1, 0.15) is 30.0 Å². The molecule has 0 unspecified atom stereocenters. The molecule has 1 atom stereocenters. The zero-order chi connectivity index (χ0) is 15.8. The minimum Gasteiger partial charge on any atom is -0.507 e. The summed E-state index contributed by atoms with van der Waals surface area (Å²) in [6, 6.07) is 17.6. The largest absolute Gasteiger partial charge is 0.507 e. The fourth-order valence-electron chi connectivity index (χ4n) is 3.16. The molecule has 0 saturated carbocycles. The molecular weight excluding hydrogens is 288 g/mol. The van der Waals surface area contributed by atoms with Crippen LogP contribution in [0.25, 0.3) is 10.8 Å².